The Balaban J connectivity index is 2.19. The largest absolute Gasteiger partial charge is 0.455 e. The van der Waals surface area contributed by atoms with Gasteiger partial charge in [-0.25, -0.2) is 14.8 Å². The number of carbonyl (C=O) groups excluding carboxylic acids is 1. The van der Waals surface area contributed by atoms with Crippen LogP contribution >= 0.6 is 22.9 Å². The molecule has 0 atom stereocenters. The van der Waals surface area contributed by atoms with Crippen molar-refractivity contribution in [1.29, 1.82) is 0 Å². The van der Waals surface area contributed by atoms with Gasteiger partial charge in [-0.1, -0.05) is 11.6 Å². The highest BCUT2D eigenvalue weighted by Crippen LogP contribution is 2.24. The summed E-state index contributed by atoms with van der Waals surface area (Å²) in [6, 6.07) is 3.50. The summed E-state index contributed by atoms with van der Waals surface area (Å²) in [5, 5.41) is 2.82. The zero-order valence-electron chi connectivity index (χ0n) is 10.8. The normalized spacial score (nSPS) is 11.4. The van der Waals surface area contributed by atoms with Crippen molar-refractivity contribution < 1.29 is 9.53 Å². The maximum atomic E-state index is 11.8. The molecule has 6 heteroatoms. The van der Waals surface area contributed by atoms with Gasteiger partial charge in [0.15, 0.2) is 5.69 Å². The number of aromatic nitrogens is 2. The van der Waals surface area contributed by atoms with E-state index in [4.69, 9.17) is 16.3 Å². The molecule has 4 nitrogen and oxygen atoms in total. The molecule has 0 fully saturated rings. The second-order valence-electron chi connectivity index (χ2n) is 4.91. The first-order chi connectivity index (χ1) is 8.85. The summed E-state index contributed by atoms with van der Waals surface area (Å²) >= 11 is 7.09. The van der Waals surface area contributed by atoms with E-state index in [2.05, 4.69) is 9.97 Å². The molecule has 19 heavy (non-hydrogen) atoms. The Hall–Kier alpha value is -1.46. The fraction of sp³-hybridized carbons (Fsp3) is 0.308. The average molecular weight is 297 g/mol. The number of rotatable bonds is 2. The van der Waals surface area contributed by atoms with E-state index in [1.165, 1.54) is 11.3 Å². The topological polar surface area (TPSA) is 52.1 Å². The van der Waals surface area contributed by atoms with Crippen molar-refractivity contribution in [3.63, 3.8) is 0 Å². The molecule has 2 rings (SSSR count). The van der Waals surface area contributed by atoms with Crippen molar-refractivity contribution in [2.45, 2.75) is 26.4 Å². The maximum Gasteiger partial charge on any atom is 0.358 e. The van der Waals surface area contributed by atoms with Crippen LogP contribution in [0.15, 0.2) is 23.7 Å². The Bertz CT molecular complexity index is 587. The number of esters is 1. The van der Waals surface area contributed by atoms with E-state index in [0.717, 1.165) is 5.56 Å². The number of halogens is 1. The smallest absolute Gasteiger partial charge is 0.358 e. The van der Waals surface area contributed by atoms with E-state index in [1.54, 1.807) is 17.6 Å². The molecule has 0 aliphatic rings. The SMILES string of the molecule is CC(C)(C)OC(=O)c1csc(-c2ccc(Cl)nc2)n1. The predicted octanol–water partition coefficient (Wildman–Crippen LogP) is 3.81. The van der Waals surface area contributed by atoms with Crippen LogP contribution < -0.4 is 0 Å². The molecule has 0 spiro atoms. The lowest BCUT2D eigenvalue weighted by Gasteiger charge is -2.18. The third-order valence-corrected chi connectivity index (χ3v) is 3.20. The van der Waals surface area contributed by atoms with Gasteiger partial charge in [-0.05, 0) is 32.9 Å². The number of nitrogens with zero attached hydrogens (tertiary/aromatic N) is 2. The predicted molar refractivity (Wildman–Crippen MR) is 75.5 cm³/mol. The molecular weight excluding hydrogens is 284 g/mol. The molecule has 100 valence electrons. The second-order valence-corrected chi connectivity index (χ2v) is 6.15. The molecule has 2 aromatic heterocycles. The van der Waals surface area contributed by atoms with Crippen molar-refractivity contribution in [2.75, 3.05) is 0 Å². The number of carbonyl (C=O) groups is 1. The Morgan fingerprint density at radius 1 is 1.37 bits per heavy atom. The summed E-state index contributed by atoms with van der Waals surface area (Å²) < 4.78 is 5.26. The van der Waals surface area contributed by atoms with E-state index in [9.17, 15) is 4.79 Å². The highest BCUT2D eigenvalue weighted by molar-refractivity contribution is 7.13. The first kappa shape index (κ1) is 14.0. The van der Waals surface area contributed by atoms with Gasteiger partial charge in [0.05, 0.1) is 0 Å². The van der Waals surface area contributed by atoms with Gasteiger partial charge in [-0.2, -0.15) is 0 Å². The minimum atomic E-state index is -0.525. The lowest BCUT2D eigenvalue weighted by atomic mass is 10.2. The molecule has 2 heterocycles. The summed E-state index contributed by atoms with van der Waals surface area (Å²) in [5.41, 5.74) is 0.608. The van der Waals surface area contributed by atoms with E-state index < -0.39 is 11.6 Å². The summed E-state index contributed by atoms with van der Waals surface area (Å²) in [7, 11) is 0. The highest BCUT2D eigenvalue weighted by Gasteiger charge is 2.20. The number of pyridine rings is 1. The Morgan fingerprint density at radius 2 is 2.11 bits per heavy atom. The molecule has 0 aliphatic heterocycles. The van der Waals surface area contributed by atoms with E-state index in [-0.39, 0.29) is 0 Å². The van der Waals surface area contributed by atoms with Crippen LogP contribution in [0.1, 0.15) is 31.3 Å². The van der Waals surface area contributed by atoms with Gasteiger partial charge in [0.2, 0.25) is 0 Å². The van der Waals surface area contributed by atoms with Gasteiger partial charge < -0.3 is 4.74 Å². The summed E-state index contributed by atoms with van der Waals surface area (Å²) in [6.45, 7) is 5.46. The second kappa shape index (κ2) is 5.27. The fourth-order valence-electron chi connectivity index (χ4n) is 1.33. The van der Waals surface area contributed by atoms with E-state index >= 15 is 0 Å². The van der Waals surface area contributed by atoms with Gasteiger partial charge in [-0.15, -0.1) is 11.3 Å². The molecule has 0 saturated heterocycles. The zero-order valence-corrected chi connectivity index (χ0v) is 12.4. The Labute approximate surface area is 120 Å². The van der Waals surface area contributed by atoms with Crippen molar-refractivity contribution in [3.8, 4) is 10.6 Å². The molecule has 0 bridgehead atoms. The fourth-order valence-corrected chi connectivity index (χ4v) is 2.22. The molecular formula is C13H13ClN2O2S. The Morgan fingerprint density at radius 3 is 2.68 bits per heavy atom. The molecule has 0 aromatic carbocycles. The van der Waals surface area contributed by atoms with Gasteiger partial charge in [0.25, 0.3) is 0 Å². The van der Waals surface area contributed by atoms with Crippen LogP contribution in [0, 0.1) is 0 Å². The molecule has 0 amide bonds. The number of hydrogen-bond donors (Lipinski definition) is 0. The van der Waals surface area contributed by atoms with Crippen LogP contribution in [0.2, 0.25) is 5.15 Å². The highest BCUT2D eigenvalue weighted by atomic mass is 35.5. The molecule has 0 aliphatic carbocycles. The van der Waals surface area contributed by atoms with Crippen LogP contribution in [0.3, 0.4) is 0 Å². The first-order valence-corrected chi connectivity index (χ1v) is 6.92. The number of hydrogen-bond acceptors (Lipinski definition) is 5. The minimum absolute atomic E-state index is 0.310. The maximum absolute atomic E-state index is 11.8. The summed E-state index contributed by atoms with van der Waals surface area (Å²) in [5.74, 6) is -0.420. The third-order valence-electron chi connectivity index (χ3n) is 2.09. The van der Waals surface area contributed by atoms with E-state index in [0.29, 0.717) is 15.9 Å². The quantitative estimate of drug-likeness (QED) is 0.624. The van der Waals surface area contributed by atoms with Gasteiger partial charge in [0, 0.05) is 17.1 Å². The standard InChI is InChI=1S/C13H13ClN2O2S/c1-13(2,3)18-12(17)9-7-19-11(16-9)8-4-5-10(14)15-6-8/h4-7H,1-3H3. The van der Waals surface area contributed by atoms with Gasteiger partial charge in [0.1, 0.15) is 15.8 Å². The first-order valence-electron chi connectivity index (χ1n) is 5.66. The van der Waals surface area contributed by atoms with Crippen LogP contribution in [-0.2, 0) is 4.74 Å². The third kappa shape index (κ3) is 3.75. The molecule has 0 radical (unpaired) electrons. The van der Waals surface area contributed by atoms with Crippen molar-refractivity contribution >= 4 is 28.9 Å². The van der Waals surface area contributed by atoms with E-state index in [1.807, 2.05) is 26.8 Å². The molecule has 0 saturated carbocycles. The van der Waals surface area contributed by atoms with Crippen molar-refractivity contribution in [3.05, 3.63) is 34.6 Å². The Kier molecular flexibility index (Phi) is 3.87. The van der Waals surface area contributed by atoms with Crippen molar-refractivity contribution in [2.24, 2.45) is 0 Å². The van der Waals surface area contributed by atoms with Crippen LogP contribution in [-0.4, -0.2) is 21.5 Å². The van der Waals surface area contributed by atoms with Crippen LogP contribution in [0.25, 0.3) is 10.6 Å². The minimum Gasteiger partial charge on any atom is -0.455 e. The molecule has 0 unspecified atom stereocenters. The zero-order chi connectivity index (χ0) is 14.0. The van der Waals surface area contributed by atoms with Gasteiger partial charge in [-0.3, -0.25) is 0 Å². The lowest BCUT2D eigenvalue weighted by Crippen LogP contribution is -2.24. The van der Waals surface area contributed by atoms with Crippen LogP contribution in [0.4, 0.5) is 0 Å². The number of ether oxygens (including phenoxy) is 1. The molecule has 2 aromatic rings. The summed E-state index contributed by atoms with van der Waals surface area (Å²) in [6.07, 6.45) is 1.63. The monoisotopic (exact) mass is 296 g/mol. The van der Waals surface area contributed by atoms with Gasteiger partial charge >= 0.3 is 5.97 Å². The van der Waals surface area contributed by atoms with Crippen LogP contribution in [0.5, 0.6) is 0 Å². The van der Waals surface area contributed by atoms with Crippen molar-refractivity contribution in [1.82, 2.24) is 9.97 Å². The summed E-state index contributed by atoms with van der Waals surface area (Å²) in [4.78, 5) is 20.1. The lowest BCUT2D eigenvalue weighted by molar-refractivity contribution is 0.00638. The molecule has 0 N–H and O–H groups in total. The average Bonchev–Trinajstić information content (AvgIpc) is 2.77. The number of thiazole rings is 1.